The average molecular weight is 489 g/mol. The number of anilines is 1. The molecule has 2 aromatic carbocycles. The number of benzene rings is 2. The van der Waals surface area contributed by atoms with E-state index >= 15 is 0 Å². The lowest BCUT2D eigenvalue weighted by Crippen LogP contribution is -2.40. The Morgan fingerprint density at radius 1 is 1.15 bits per heavy atom. The summed E-state index contributed by atoms with van der Waals surface area (Å²) in [6.45, 7) is 1.52. The number of hydrogen-bond acceptors (Lipinski definition) is 9. The van der Waals surface area contributed by atoms with E-state index in [0.717, 1.165) is 5.56 Å². The van der Waals surface area contributed by atoms with E-state index in [1.165, 1.54) is 15.6 Å². The minimum absolute atomic E-state index is 0.243. The first-order valence-electron chi connectivity index (χ1n) is 10.2. The second-order valence-electron chi connectivity index (χ2n) is 7.03. The summed E-state index contributed by atoms with van der Waals surface area (Å²) in [6, 6.07) is 12.3. The quantitative estimate of drug-likeness (QED) is 0.383. The van der Waals surface area contributed by atoms with Gasteiger partial charge in [-0.1, -0.05) is 18.2 Å². The number of hydrogen-bond donors (Lipinski definition) is 1. The predicted octanol–water partition coefficient (Wildman–Crippen LogP) is 3.29. The van der Waals surface area contributed by atoms with Crippen LogP contribution in [0.15, 0.2) is 57.8 Å². The summed E-state index contributed by atoms with van der Waals surface area (Å²) in [6.07, 6.45) is 1.62. The molecule has 1 aromatic heterocycles. The van der Waals surface area contributed by atoms with Gasteiger partial charge in [-0.25, -0.2) is 13.4 Å². The third kappa shape index (κ3) is 5.17. The van der Waals surface area contributed by atoms with Gasteiger partial charge in [-0.2, -0.15) is 9.41 Å². The summed E-state index contributed by atoms with van der Waals surface area (Å²) in [5.74, 6) is 1.20. The number of para-hydroxylation sites is 1. The van der Waals surface area contributed by atoms with Crippen LogP contribution in [0.2, 0.25) is 0 Å². The normalized spacial score (nSPS) is 15.0. The second-order valence-corrected chi connectivity index (χ2v) is 9.83. The number of nitrogens with zero attached hydrogens (tertiary/aromatic N) is 3. The van der Waals surface area contributed by atoms with Crippen molar-refractivity contribution in [2.24, 2.45) is 5.10 Å². The summed E-state index contributed by atoms with van der Waals surface area (Å²) in [4.78, 5) is 4.78. The van der Waals surface area contributed by atoms with Gasteiger partial charge in [0.15, 0.2) is 11.5 Å². The molecule has 0 saturated carbocycles. The van der Waals surface area contributed by atoms with Gasteiger partial charge in [-0.3, -0.25) is 5.43 Å². The zero-order chi connectivity index (χ0) is 23.3. The Morgan fingerprint density at radius 3 is 2.70 bits per heavy atom. The van der Waals surface area contributed by atoms with Gasteiger partial charge in [0.25, 0.3) is 0 Å². The zero-order valence-corrected chi connectivity index (χ0v) is 19.9. The second kappa shape index (κ2) is 10.3. The summed E-state index contributed by atoms with van der Waals surface area (Å²) >= 11 is 1.37. The van der Waals surface area contributed by atoms with E-state index in [2.05, 4.69) is 15.5 Å². The molecule has 1 aliphatic rings. The van der Waals surface area contributed by atoms with Gasteiger partial charge in [0.05, 0.1) is 44.2 Å². The van der Waals surface area contributed by atoms with Crippen molar-refractivity contribution in [3.63, 3.8) is 0 Å². The largest absolute Gasteiger partial charge is 0.493 e. The number of rotatable bonds is 8. The molecule has 0 atom stereocenters. The Hall–Kier alpha value is -2.99. The fourth-order valence-electron chi connectivity index (χ4n) is 3.38. The van der Waals surface area contributed by atoms with E-state index in [1.54, 1.807) is 38.6 Å². The minimum atomic E-state index is -3.58. The molecule has 4 rings (SSSR count). The van der Waals surface area contributed by atoms with E-state index in [4.69, 9.17) is 14.2 Å². The van der Waals surface area contributed by atoms with Gasteiger partial charge in [0.2, 0.25) is 15.2 Å². The highest BCUT2D eigenvalue weighted by molar-refractivity contribution is 7.89. The molecule has 11 heteroatoms. The highest BCUT2D eigenvalue weighted by Crippen LogP contribution is 2.30. The summed E-state index contributed by atoms with van der Waals surface area (Å²) in [5.41, 5.74) is 5.04. The van der Waals surface area contributed by atoms with Crippen molar-refractivity contribution in [2.45, 2.75) is 4.90 Å². The number of ether oxygens (including phenoxy) is 3. The third-order valence-corrected chi connectivity index (χ3v) is 7.68. The molecule has 0 aliphatic carbocycles. The van der Waals surface area contributed by atoms with Gasteiger partial charge in [-0.05, 0) is 24.3 Å². The number of aromatic nitrogens is 1. The molecule has 33 heavy (non-hydrogen) atoms. The maximum absolute atomic E-state index is 13.0. The van der Waals surface area contributed by atoms with Crippen molar-refractivity contribution in [3.8, 4) is 22.8 Å². The van der Waals surface area contributed by atoms with Crippen LogP contribution in [0.3, 0.4) is 0 Å². The molecule has 3 aromatic rings. The smallest absolute Gasteiger partial charge is 0.243 e. The van der Waals surface area contributed by atoms with Crippen LogP contribution in [0.5, 0.6) is 11.5 Å². The van der Waals surface area contributed by atoms with Gasteiger partial charge in [0.1, 0.15) is 0 Å². The fourth-order valence-corrected chi connectivity index (χ4v) is 5.50. The number of sulfonamides is 1. The number of morpholine rings is 1. The van der Waals surface area contributed by atoms with Crippen LogP contribution in [0.4, 0.5) is 5.13 Å². The van der Waals surface area contributed by atoms with Gasteiger partial charge in [0, 0.05) is 29.6 Å². The van der Waals surface area contributed by atoms with E-state index in [0.29, 0.717) is 54.2 Å². The van der Waals surface area contributed by atoms with Crippen LogP contribution < -0.4 is 14.9 Å². The third-order valence-electron chi connectivity index (χ3n) is 5.04. The van der Waals surface area contributed by atoms with Gasteiger partial charge < -0.3 is 14.2 Å². The zero-order valence-electron chi connectivity index (χ0n) is 18.2. The van der Waals surface area contributed by atoms with E-state index < -0.39 is 10.0 Å². The van der Waals surface area contributed by atoms with Gasteiger partial charge >= 0.3 is 0 Å². The van der Waals surface area contributed by atoms with Crippen molar-refractivity contribution in [1.29, 1.82) is 0 Å². The number of methoxy groups -OCH3 is 2. The average Bonchev–Trinajstić information content (AvgIpc) is 3.33. The Balaban J connectivity index is 1.49. The Morgan fingerprint density at radius 2 is 1.94 bits per heavy atom. The van der Waals surface area contributed by atoms with E-state index in [9.17, 15) is 8.42 Å². The fraction of sp³-hybridized carbons (Fsp3) is 0.273. The number of nitrogens with one attached hydrogen (secondary N) is 1. The molecule has 174 valence electrons. The van der Waals surface area contributed by atoms with Crippen LogP contribution in [-0.2, 0) is 14.8 Å². The summed E-state index contributed by atoms with van der Waals surface area (Å²) < 4.78 is 43.3. The van der Waals surface area contributed by atoms with Crippen molar-refractivity contribution in [3.05, 3.63) is 53.4 Å². The summed E-state index contributed by atoms with van der Waals surface area (Å²) in [7, 11) is -0.424. The molecule has 1 fully saturated rings. The van der Waals surface area contributed by atoms with Crippen LogP contribution >= 0.6 is 11.3 Å². The molecule has 2 heterocycles. The van der Waals surface area contributed by atoms with E-state index in [-0.39, 0.29) is 4.90 Å². The molecule has 1 aliphatic heterocycles. The Bertz CT molecular complexity index is 1240. The van der Waals surface area contributed by atoms with Crippen molar-refractivity contribution in [2.75, 3.05) is 45.9 Å². The molecule has 0 spiro atoms. The highest BCUT2D eigenvalue weighted by atomic mass is 32.2. The standard InChI is InChI=1S/C22H24N4O5S2/c1-29-20-8-4-6-17(21(20)30-2)14-23-25-22-24-19(15-32-22)16-5-3-7-18(13-16)33(27,28)26-9-11-31-12-10-26/h3-8,13-15H,9-12H2,1-2H3,(H,24,25). The maximum Gasteiger partial charge on any atom is 0.243 e. The number of thiazole rings is 1. The van der Waals surface area contributed by atoms with Crippen LogP contribution in [0.25, 0.3) is 11.3 Å². The first-order chi connectivity index (χ1) is 16.0. The first-order valence-corrected chi connectivity index (χ1v) is 12.5. The maximum atomic E-state index is 13.0. The lowest BCUT2D eigenvalue weighted by atomic mass is 10.2. The van der Waals surface area contributed by atoms with E-state index in [1.807, 2.05) is 29.6 Å². The lowest BCUT2D eigenvalue weighted by Gasteiger charge is -2.26. The summed E-state index contributed by atoms with van der Waals surface area (Å²) in [5, 5.41) is 6.67. The molecule has 9 nitrogen and oxygen atoms in total. The van der Waals surface area contributed by atoms with Gasteiger partial charge in [-0.15, -0.1) is 11.3 Å². The molecule has 0 amide bonds. The highest BCUT2D eigenvalue weighted by Gasteiger charge is 2.26. The van der Waals surface area contributed by atoms with Crippen molar-refractivity contribution < 1.29 is 22.6 Å². The van der Waals surface area contributed by atoms with Crippen molar-refractivity contribution in [1.82, 2.24) is 9.29 Å². The topological polar surface area (TPSA) is 102 Å². The minimum Gasteiger partial charge on any atom is -0.493 e. The van der Waals surface area contributed by atoms with Crippen molar-refractivity contribution >= 4 is 32.7 Å². The molecular formula is C22H24N4O5S2. The van der Waals surface area contributed by atoms with Crippen LogP contribution in [-0.4, -0.2) is 64.4 Å². The molecular weight excluding hydrogens is 464 g/mol. The molecule has 0 radical (unpaired) electrons. The Kier molecular flexibility index (Phi) is 7.23. The molecule has 0 unspecified atom stereocenters. The first kappa shape index (κ1) is 23.2. The molecule has 1 saturated heterocycles. The number of hydrazone groups is 1. The molecule has 1 N–H and O–H groups in total. The van der Waals surface area contributed by atoms with Crippen LogP contribution in [0, 0.1) is 0 Å². The SMILES string of the molecule is COc1cccc(C=NNc2nc(-c3cccc(S(=O)(=O)N4CCOCC4)c3)cs2)c1OC. The lowest BCUT2D eigenvalue weighted by molar-refractivity contribution is 0.0730. The van der Waals surface area contributed by atoms with Crippen LogP contribution in [0.1, 0.15) is 5.56 Å². The predicted molar refractivity (Wildman–Crippen MR) is 128 cm³/mol. The monoisotopic (exact) mass is 488 g/mol. The Labute approximate surface area is 196 Å². The molecule has 0 bridgehead atoms.